The zero-order valence-corrected chi connectivity index (χ0v) is 10.3. The van der Waals surface area contributed by atoms with Crippen LogP contribution in [0.3, 0.4) is 0 Å². The molecule has 1 aliphatic rings. The Bertz CT molecular complexity index is 488. The summed E-state index contributed by atoms with van der Waals surface area (Å²) in [6.07, 6.45) is 3.60. The highest BCUT2D eigenvalue weighted by Crippen LogP contribution is 2.15. The van der Waals surface area contributed by atoms with Crippen molar-refractivity contribution in [1.29, 1.82) is 0 Å². The average molecular weight is 243 g/mol. The Morgan fingerprint density at radius 3 is 2.78 bits per heavy atom. The van der Waals surface area contributed by atoms with Crippen LogP contribution < -0.4 is 5.32 Å². The maximum atomic E-state index is 4.08. The van der Waals surface area contributed by atoms with Crippen LogP contribution in [0.2, 0.25) is 0 Å². The monoisotopic (exact) mass is 243 g/mol. The fraction of sp³-hybridized carbons (Fsp3) is 0.385. The summed E-state index contributed by atoms with van der Waals surface area (Å²) >= 11 is 0. The van der Waals surface area contributed by atoms with Gasteiger partial charge in [0.25, 0.3) is 0 Å². The fourth-order valence-corrected chi connectivity index (χ4v) is 2.31. The zero-order valence-electron chi connectivity index (χ0n) is 10.3. The second kappa shape index (κ2) is 5.29. The van der Waals surface area contributed by atoms with E-state index in [1.54, 1.807) is 6.20 Å². The number of rotatable bonds is 3. The number of hydrogen-bond acceptors (Lipinski definition) is 4. The van der Waals surface area contributed by atoms with E-state index in [1.807, 2.05) is 16.9 Å². The van der Waals surface area contributed by atoms with Crippen LogP contribution in [0.25, 0.3) is 5.69 Å². The number of piperazine rings is 1. The highest BCUT2D eigenvalue weighted by atomic mass is 15.4. The van der Waals surface area contributed by atoms with E-state index in [1.165, 1.54) is 5.56 Å². The Labute approximate surface area is 106 Å². The highest BCUT2D eigenvalue weighted by molar-refractivity contribution is 5.39. The molecule has 3 rings (SSSR count). The van der Waals surface area contributed by atoms with Gasteiger partial charge in [0.15, 0.2) is 0 Å². The zero-order chi connectivity index (χ0) is 12.2. The summed E-state index contributed by atoms with van der Waals surface area (Å²) in [6.45, 7) is 5.33. The molecule has 1 saturated heterocycles. The van der Waals surface area contributed by atoms with Crippen LogP contribution in [0.15, 0.2) is 36.7 Å². The number of para-hydroxylation sites is 1. The van der Waals surface area contributed by atoms with Gasteiger partial charge in [-0.3, -0.25) is 4.90 Å². The molecular weight excluding hydrogens is 226 g/mol. The number of benzene rings is 1. The minimum atomic E-state index is 0.970. The van der Waals surface area contributed by atoms with Crippen LogP contribution in [-0.2, 0) is 6.54 Å². The largest absolute Gasteiger partial charge is 0.314 e. The van der Waals surface area contributed by atoms with Crippen LogP contribution in [0.4, 0.5) is 0 Å². The lowest BCUT2D eigenvalue weighted by Crippen LogP contribution is -2.43. The third-order valence-electron chi connectivity index (χ3n) is 3.26. The van der Waals surface area contributed by atoms with Crippen molar-refractivity contribution >= 4 is 0 Å². The summed E-state index contributed by atoms with van der Waals surface area (Å²) in [6, 6.07) is 8.38. The number of hydrogen-bond donors (Lipinski definition) is 1. The third kappa shape index (κ3) is 2.42. The topological polar surface area (TPSA) is 46.0 Å². The van der Waals surface area contributed by atoms with Crippen molar-refractivity contribution in [2.45, 2.75) is 6.54 Å². The molecule has 0 amide bonds. The summed E-state index contributed by atoms with van der Waals surface area (Å²) in [5.41, 5.74) is 2.42. The van der Waals surface area contributed by atoms with Crippen LogP contribution in [0, 0.1) is 0 Å². The molecule has 0 saturated carbocycles. The van der Waals surface area contributed by atoms with Gasteiger partial charge in [0.2, 0.25) is 0 Å². The molecule has 1 aliphatic heterocycles. The molecule has 18 heavy (non-hydrogen) atoms. The Balaban J connectivity index is 1.83. The van der Waals surface area contributed by atoms with Crippen LogP contribution in [0.5, 0.6) is 0 Å². The Morgan fingerprint density at radius 1 is 1.17 bits per heavy atom. The first-order valence-corrected chi connectivity index (χ1v) is 6.31. The molecule has 0 atom stereocenters. The smallest absolute Gasteiger partial charge is 0.0708 e. The molecule has 0 aliphatic carbocycles. The van der Waals surface area contributed by atoms with E-state index in [0.717, 1.165) is 38.4 Å². The molecule has 1 N–H and O–H groups in total. The number of nitrogens with zero attached hydrogens (tertiary/aromatic N) is 4. The first kappa shape index (κ1) is 11.4. The van der Waals surface area contributed by atoms with E-state index in [9.17, 15) is 0 Å². The molecule has 2 heterocycles. The second-order valence-electron chi connectivity index (χ2n) is 4.50. The third-order valence-corrected chi connectivity index (χ3v) is 3.26. The van der Waals surface area contributed by atoms with Crippen molar-refractivity contribution in [3.63, 3.8) is 0 Å². The summed E-state index contributed by atoms with van der Waals surface area (Å²) in [5.74, 6) is 0. The van der Waals surface area contributed by atoms with Gasteiger partial charge in [-0.1, -0.05) is 23.4 Å². The number of aromatic nitrogens is 3. The lowest BCUT2D eigenvalue weighted by atomic mass is 10.1. The molecule has 0 bridgehead atoms. The normalized spacial score (nSPS) is 16.9. The summed E-state index contributed by atoms with van der Waals surface area (Å²) in [4.78, 5) is 2.46. The van der Waals surface area contributed by atoms with Gasteiger partial charge in [-0.25, -0.2) is 4.68 Å². The standard InChI is InChI=1S/C13H17N5/c1-2-4-13(18-10-7-15-16-18)12(3-1)11-17-8-5-14-6-9-17/h1-4,7,10,14H,5-6,8-9,11H2. The molecule has 1 fully saturated rings. The van der Waals surface area contributed by atoms with Gasteiger partial charge >= 0.3 is 0 Å². The van der Waals surface area contributed by atoms with E-state index in [0.29, 0.717) is 0 Å². The molecule has 1 aromatic heterocycles. The van der Waals surface area contributed by atoms with E-state index >= 15 is 0 Å². The van der Waals surface area contributed by atoms with Crippen molar-refractivity contribution < 1.29 is 0 Å². The molecular formula is C13H17N5. The second-order valence-corrected chi connectivity index (χ2v) is 4.50. The van der Waals surface area contributed by atoms with E-state index in [-0.39, 0.29) is 0 Å². The summed E-state index contributed by atoms with van der Waals surface area (Å²) in [7, 11) is 0. The highest BCUT2D eigenvalue weighted by Gasteiger charge is 2.12. The summed E-state index contributed by atoms with van der Waals surface area (Å²) < 4.78 is 1.83. The van der Waals surface area contributed by atoms with Gasteiger partial charge in [0.05, 0.1) is 18.1 Å². The van der Waals surface area contributed by atoms with Crippen LogP contribution in [0.1, 0.15) is 5.56 Å². The van der Waals surface area contributed by atoms with Gasteiger partial charge in [-0.15, -0.1) is 5.10 Å². The predicted octanol–water partition coefficient (Wildman–Crippen LogP) is 0.672. The minimum Gasteiger partial charge on any atom is -0.314 e. The quantitative estimate of drug-likeness (QED) is 0.861. The number of nitrogens with one attached hydrogen (secondary N) is 1. The molecule has 0 spiro atoms. The van der Waals surface area contributed by atoms with Crippen molar-refractivity contribution in [3.05, 3.63) is 42.2 Å². The predicted molar refractivity (Wildman–Crippen MR) is 69.5 cm³/mol. The maximum absolute atomic E-state index is 4.08. The van der Waals surface area contributed by atoms with Gasteiger partial charge in [0, 0.05) is 32.7 Å². The van der Waals surface area contributed by atoms with Crippen LogP contribution in [-0.4, -0.2) is 46.1 Å². The molecule has 1 aromatic carbocycles. The first-order valence-electron chi connectivity index (χ1n) is 6.31. The molecule has 94 valence electrons. The minimum absolute atomic E-state index is 0.970. The lowest BCUT2D eigenvalue weighted by molar-refractivity contribution is 0.233. The molecule has 2 aromatic rings. The Kier molecular flexibility index (Phi) is 3.34. The van der Waals surface area contributed by atoms with Crippen molar-refractivity contribution in [1.82, 2.24) is 25.2 Å². The Hall–Kier alpha value is -1.72. The van der Waals surface area contributed by atoms with Gasteiger partial charge in [0.1, 0.15) is 0 Å². The van der Waals surface area contributed by atoms with Crippen molar-refractivity contribution in [2.75, 3.05) is 26.2 Å². The van der Waals surface area contributed by atoms with Gasteiger partial charge in [-0.2, -0.15) is 0 Å². The molecule has 5 nitrogen and oxygen atoms in total. The fourth-order valence-electron chi connectivity index (χ4n) is 2.31. The Morgan fingerprint density at radius 2 is 2.00 bits per heavy atom. The SMILES string of the molecule is c1ccc(-n2ccnn2)c(CN2CCNCC2)c1. The van der Waals surface area contributed by atoms with Crippen molar-refractivity contribution in [3.8, 4) is 5.69 Å². The maximum Gasteiger partial charge on any atom is 0.0708 e. The van der Waals surface area contributed by atoms with Gasteiger partial charge < -0.3 is 5.32 Å². The van der Waals surface area contributed by atoms with Crippen LogP contribution >= 0.6 is 0 Å². The molecule has 0 radical (unpaired) electrons. The lowest BCUT2D eigenvalue weighted by Gasteiger charge is -2.27. The van der Waals surface area contributed by atoms with E-state index in [4.69, 9.17) is 0 Å². The summed E-state index contributed by atoms with van der Waals surface area (Å²) in [5, 5.41) is 11.3. The molecule has 0 unspecified atom stereocenters. The van der Waals surface area contributed by atoms with E-state index in [2.05, 4.69) is 38.7 Å². The molecule has 5 heteroatoms. The first-order chi connectivity index (χ1) is 8.93. The average Bonchev–Trinajstić information content (AvgIpc) is 2.94. The van der Waals surface area contributed by atoms with Gasteiger partial charge in [-0.05, 0) is 11.6 Å². The van der Waals surface area contributed by atoms with E-state index < -0.39 is 0 Å². The van der Waals surface area contributed by atoms with Crippen molar-refractivity contribution in [2.24, 2.45) is 0 Å².